The minimum Gasteiger partial charge on any atom is -0.497 e. The Bertz CT molecular complexity index is 698. The molecular weight excluding hydrogens is 328 g/mol. The topological polar surface area (TPSA) is 62.4 Å². The van der Waals surface area contributed by atoms with Crippen LogP contribution in [0, 0.1) is 0 Å². The van der Waals surface area contributed by atoms with Crippen molar-refractivity contribution in [3.05, 3.63) is 42.0 Å². The lowest BCUT2D eigenvalue weighted by molar-refractivity contribution is 0.0476. The van der Waals surface area contributed by atoms with Crippen LogP contribution in [0.3, 0.4) is 0 Å². The number of rotatable bonds is 6. The van der Waals surface area contributed by atoms with Gasteiger partial charge in [0.05, 0.1) is 44.4 Å². The zero-order valence-electron chi connectivity index (χ0n) is 15.4. The Morgan fingerprint density at radius 1 is 1.27 bits per heavy atom. The number of nitrogens with zero attached hydrogens (tertiary/aromatic N) is 2. The number of aromatic amines is 1. The van der Waals surface area contributed by atoms with Crippen molar-refractivity contribution < 1.29 is 9.47 Å². The van der Waals surface area contributed by atoms with Crippen molar-refractivity contribution in [1.29, 1.82) is 0 Å². The second-order valence-electron chi connectivity index (χ2n) is 7.22. The van der Waals surface area contributed by atoms with Crippen LogP contribution in [-0.2, 0) is 17.8 Å². The zero-order valence-corrected chi connectivity index (χ0v) is 15.4. The molecule has 1 aromatic heterocycles. The van der Waals surface area contributed by atoms with Gasteiger partial charge >= 0.3 is 0 Å². The molecule has 1 unspecified atom stereocenters. The van der Waals surface area contributed by atoms with Gasteiger partial charge in [0.25, 0.3) is 0 Å². The molecule has 1 aromatic carbocycles. The van der Waals surface area contributed by atoms with Gasteiger partial charge in [0.1, 0.15) is 5.75 Å². The smallest absolute Gasteiger partial charge is 0.119 e. The average Bonchev–Trinajstić information content (AvgIpc) is 3.34. The Labute approximate surface area is 154 Å². The summed E-state index contributed by atoms with van der Waals surface area (Å²) >= 11 is 0. The molecule has 2 heterocycles. The number of H-pyrrole nitrogens is 1. The first-order chi connectivity index (χ1) is 12.8. The number of hydrogen-bond donors (Lipinski definition) is 2. The van der Waals surface area contributed by atoms with Crippen LogP contribution >= 0.6 is 0 Å². The predicted octanol–water partition coefficient (Wildman–Crippen LogP) is 2.86. The number of fused-ring (bicyclic) bond motifs is 1. The Morgan fingerprint density at radius 2 is 2.15 bits per heavy atom. The number of aromatic nitrogens is 2. The van der Waals surface area contributed by atoms with Crippen LogP contribution in [0.4, 0.5) is 5.69 Å². The Morgan fingerprint density at radius 3 is 2.92 bits per heavy atom. The molecule has 1 saturated carbocycles. The molecule has 4 rings (SSSR count). The molecule has 0 bridgehead atoms. The maximum Gasteiger partial charge on any atom is 0.119 e. The molecule has 2 aromatic rings. The molecule has 1 atom stereocenters. The van der Waals surface area contributed by atoms with E-state index in [9.17, 15) is 0 Å². The minimum atomic E-state index is 0.286. The first-order valence-electron chi connectivity index (χ1n) is 9.56. The van der Waals surface area contributed by atoms with Crippen LogP contribution in [0.5, 0.6) is 5.75 Å². The van der Waals surface area contributed by atoms with Gasteiger partial charge in [-0.15, -0.1) is 0 Å². The summed E-state index contributed by atoms with van der Waals surface area (Å²) < 4.78 is 11.7. The standard InChI is InChI=1S/C20H28N4O2/c1-25-19-6-7-20-15(8-19)9-21-11-17(13-26-18-4-2-3-5-18)24(20)12-16-10-22-14-23-16/h6-8,10,14,17-18,21H,2-5,9,11-13H2,1H3,(H,22,23). The van der Waals surface area contributed by atoms with E-state index in [-0.39, 0.29) is 6.04 Å². The summed E-state index contributed by atoms with van der Waals surface area (Å²) in [4.78, 5) is 9.86. The van der Waals surface area contributed by atoms with Crippen LogP contribution in [0.15, 0.2) is 30.7 Å². The third-order valence-corrected chi connectivity index (χ3v) is 5.45. The van der Waals surface area contributed by atoms with Gasteiger partial charge in [0.2, 0.25) is 0 Å². The van der Waals surface area contributed by atoms with Crippen LogP contribution < -0.4 is 15.0 Å². The van der Waals surface area contributed by atoms with E-state index in [0.29, 0.717) is 6.10 Å². The van der Waals surface area contributed by atoms with Crippen molar-refractivity contribution >= 4 is 5.69 Å². The van der Waals surface area contributed by atoms with Gasteiger partial charge in [-0.25, -0.2) is 4.98 Å². The second kappa shape index (κ2) is 8.10. The predicted molar refractivity (Wildman–Crippen MR) is 101 cm³/mol. The summed E-state index contributed by atoms with van der Waals surface area (Å²) in [6.07, 6.45) is 9.08. The number of ether oxygens (including phenoxy) is 2. The Hall–Kier alpha value is -2.05. The van der Waals surface area contributed by atoms with E-state index < -0.39 is 0 Å². The highest BCUT2D eigenvalue weighted by Crippen LogP contribution is 2.30. The van der Waals surface area contributed by atoms with E-state index >= 15 is 0 Å². The number of benzene rings is 1. The SMILES string of the molecule is COc1ccc2c(c1)CNCC(COC1CCCC1)N2Cc1cnc[nH]1. The first kappa shape index (κ1) is 17.4. The fourth-order valence-electron chi connectivity index (χ4n) is 4.01. The monoisotopic (exact) mass is 356 g/mol. The maximum atomic E-state index is 6.28. The van der Waals surface area contributed by atoms with Gasteiger partial charge < -0.3 is 24.7 Å². The molecule has 0 amide bonds. The lowest BCUT2D eigenvalue weighted by Crippen LogP contribution is -2.44. The van der Waals surface area contributed by atoms with Crippen molar-refractivity contribution in [3.8, 4) is 5.75 Å². The summed E-state index contributed by atoms with van der Waals surface area (Å²) in [5, 5.41) is 3.59. The highest BCUT2D eigenvalue weighted by atomic mass is 16.5. The van der Waals surface area contributed by atoms with E-state index in [4.69, 9.17) is 9.47 Å². The average molecular weight is 356 g/mol. The normalized spacial score (nSPS) is 20.8. The van der Waals surface area contributed by atoms with Gasteiger partial charge in [-0.3, -0.25) is 0 Å². The van der Waals surface area contributed by atoms with Gasteiger partial charge in [0.15, 0.2) is 0 Å². The van der Waals surface area contributed by atoms with Crippen molar-refractivity contribution in [2.75, 3.05) is 25.2 Å². The molecule has 2 aliphatic rings. The number of imidazole rings is 1. The zero-order chi connectivity index (χ0) is 17.8. The van der Waals surface area contributed by atoms with E-state index in [1.54, 1.807) is 13.4 Å². The van der Waals surface area contributed by atoms with E-state index in [1.807, 2.05) is 12.3 Å². The maximum absolute atomic E-state index is 6.28. The van der Waals surface area contributed by atoms with Crippen LogP contribution in [0.2, 0.25) is 0 Å². The molecule has 26 heavy (non-hydrogen) atoms. The van der Waals surface area contributed by atoms with Gasteiger partial charge in [-0.1, -0.05) is 12.8 Å². The van der Waals surface area contributed by atoms with Crippen molar-refractivity contribution in [1.82, 2.24) is 15.3 Å². The molecule has 140 valence electrons. The summed E-state index contributed by atoms with van der Waals surface area (Å²) in [7, 11) is 1.71. The highest BCUT2D eigenvalue weighted by molar-refractivity contribution is 5.58. The summed E-state index contributed by atoms with van der Waals surface area (Å²) in [5.41, 5.74) is 3.61. The Kier molecular flexibility index (Phi) is 5.41. The fourth-order valence-corrected chi connectivity index (χ4v) is 4.01. The van der Waals surface area contributed by atoms with Crippen LogP contribution in [-0.4, -0.2) is 42.4 Å². The van der Waals surface area contributed by atoms with Gasteiger partial charge in [-0.05, 0) is 36.6 Å². The summed E-state index contributed by atoms with van der Waals surface area (Å²) in [5.74, 6) is 0.896. The lowest BCUT2D eigenvalue weighted by Gasteiger charge is -2.33. The Balaban J connectivity index is 1.58. The summed E-state index contributed by atoms with van der Waals surface area (Å²) in [6.45, 7) is 3.28. The van der Waals surface area contributed by atoms with E-state index in [0.717, 1.165) is 37.7 Å². The third-order valence-electron chi connectivity index (χ3n) is 5.45. The van der Waals surface area contributed by atoms with Gasteiger partial charge in [0, 0.05) is 25.0 Å². The fraction of sp³-hybridized carbons (Fsp3) is 0.550. The largest absolute Gasteiger partial charge is 0.497 e. The molecule has 6 nitrogen and oxygen atoms in total. The van der Waals surface area contributed by atoms with Crippen LogP contribution in [0.1, 0.15) is 36.9 Å². The number of anilines is 1. The molecule has 1 aliphatic heterocycles. The second-order valence-corrected chi connectivity index (χ2v) is 7.22. The molecule has 1 aliphatic carbocycles. The van der Waals surface area contributed by atoms with Crippen molar-refractivity contribution in [2.45, 2.75) is 50.9 Å². The number of hydrogen-bond acceptors (Lipinski definition) is 5. The molecule has 0 radical (unpaired) electrons. The first-order valence-corrected chi connectivity index (χ1v) is 9.56. The van der Waals surface area contributed by atoms with Crippen LogP contribution in [0.25, 0.3) is 0 Å². The molecule has 0 spiro atoms. The highest BCUT2D eigenvalue weighted by Gasteiger charge is 2.27. The molecule has 6 heteroatoms. The number of methoxy groups -OCH3 is 1. The quantitative estimate of drug-likeness (QED) is 0.833. The third kappa shape index (κ3) is 3.86. The number of nitrogens with one attached hydrogen (secondary N) is 2. The summed E-state index contributed by atoms with van der Waals surface area (Å²) in [6, 6.07) is 6.62. The molecule has 1 fully saturated rings. The van der Waals surface area contributed by atoms with Crippen molar-refractivity contribution in [3.63, 3.8) is 0 Å². The minimum absolute atomic E-state index is 0.286. The molecular formula is C20H28N4O2. The van der Waals surface area contributed by atoms with E-state index in [1.165, 1.54) is 36.9 Å². The van der Waals surface area contributed by atoms with Gasteiger partial charge in [-0.2, -0.15) is 0 Å². The molecule has 2 N–H and O–H groups in total. The van der Waals surface area contributed by atoms with E-state index in [2.05, 4.69) is 32.3 Å². The lowest BCUT2D eigenvalue weighted by atomic mass is 10.1. The van der Waals surface area contributed by atoms with Crippen molar-refractivity contribution in [2.24, 2.45) is 0 Å². The molecule has 0 saturated heterocycles.